The lowest BCUT2D eigenvalue weighted by Crippen LogP contribution is -2.54. The molecule has 6 aliphatic rings. The first-order valence-corrected chi connectivity index (χ1v) is 21.0. The summed E-state index contributed by atoms with van der Waals surface area (Å²) in [5.41, 5.74) is 8.61. The molecule has 4 N–H and O–H groups in total. The summed E-state index contributed by atoms with van der Waals surface area (Å²) in [6, 6.07) is 12.0. The van der Waals surface area contributed by atoms with Crippen molar-refractivity contribution < 1.29 is 33.6 Å². The number of urea groups is 1. The van der Waals surface area contributed by atoms with Crippen LogP contribution in [0.15, 0.2) is 42.5 Å². The van der Waals surface area contributed by atoms with Crippen molar-refractivity contribution in [2.24, 2.45) is 11.7 Å². The maximum Gasteiger partial charge on any atom is 0.320 e. The summed E-state index contributed by atoms with van der Waals surface area (Å²) >= 11 is 0. The Kier molecular flexibility index (Phi) is 10.5. The Hall–Kier alpha value is -6.66. The largest absolute Gasteiger partial charge is 0.371 e. The fourth-order valence-corrected chi connectivity index (χ4v) is 9.62. The number of carbonyl (C=O) groups is 7. The average molecular weight is 833 g/mol. The highest BCUT2D eigenvalue weighted by Gasteiger charge is 2.45. The number of rotatable bonds is 9. The lowest BCUT2D eigenvalue weighted by atomic mass is 9.89. The minimum atomic E-state index is -1.03. The smallest absolute Gasteiger partial charge is 0.320 e. The number of fused-ring (bicyclic) bond motifs is 1. The van der Waals surface area contributed by atoms with Crippen LogP contribution in [-0.2, 0) is 14.4 Å². The fraction of sp³-hybridized carbons (Fsp3) is 0.476. The molecule has 61 heavy (non-hydrogen) atoms. The number of benzene rings is 2. The van der Waals surface area contributed by atoms with Crippen molar-refractivity contribution in [1.82, 2.24) is 40.1 Å². The van der Waals surface area contributed by atoms with E-state index in [1.165, 1.54) is 0 Å². The molecular formula is C42H48N12O7. The summed E-state index contributed by atoms with van der Waals surface area (Å²) in [5, 5.41) is 13.8. The monoisotopic (exact) mass is 832 g/mol. The van der Waals surface area contributed by atoms with Gasteiger partial charge in [-0.3, -0.25) is 39.0 Å². The van der Waals surface area contributed by atoms with Crippen LogP contribution in [0.5, 0.6) is 0 Å². The average Bonchev–Trinajstić information content (AvgIpc) is 3.96. The summed E-state index contributed by atoms with van der Waals surface area (Å²) in [5.74, 6) is -2.20. The molecule has 19 heteroatoms. The second kappa shape index (κ2) is 16.1. The number of imide groups is 2. The summed E-state index contributed by atoms with van der Waals surface area (Å²) in [7, 11) is 1.81. The molecule has 19 nitrogen and oxygen atoms in total. The Morgan fingerprint density at radius 3 is 2.30 bits per heavy atom. The van der Waals surface area contributed by atoms with Crippen LogP contribution in [0.25, 0.3) is 0 Å². The van der Waals surface area contributed by atoms with Crippen molar-refractivity contribution in [3.05, 3.63) is 64.8 Å². The minimum Gasteiger partial charge on any atom is -0.371 e. The van der Waals surface area contributed by atoms with Crippen LogP contribution in [0.4, 0.5) is 27.9 Å². The lowest BCUT2D eigenvalue weighted by Gasteiger charge is -2.37. The van der Waals surface area contributed by atoms with Crippen molar-refractivity contribution in [2.45, 2.75) is 62.9 Å². The van der Waals surface area contributed by atoms with E-state index < -0.39 is 35.6 Å². The highest BCUT2D eigenvalue weighted by atomic mass is 16.2. The zero-order chi connectivity index (χ0) is 42.5. The second-order valence-electron chi connectivity index (χ2n) is 16.8. The third-order valence-electron chi connectivity index (χ3n) is 13.1. The van der Waals surface area contributed by atoms with Crippen LogP contribution in [0.1, 0.15) is 87.6 Å². The van der Waals surface area contributed by atoms with Gasteiger partial charge >= 0.3 is 6.03 Å². The minimum absolute atomic E-state index is 0.0238. The number of likely N-dealkylation sites (N-methyl/N-ethyl adjacent to an activating group) is 1. The SMILES string of the molecule is CN1CCN([C@@H]2CCCN(c3nnc(C(N)=O)c(Nc4ccc(C5CCN(C(=O)C6CCN(c7ccc8c(c7)C(=O)N(C7CCC(=O)NC7=O)C8=O)C6)CC5)cc4)n3)C2)C1=O. The Labute approximate surface area is 351 Å². The molecule has 5 fully saturated rings. The third-order valence-corrected chi connectivity index (χ3v) is 13.1. The van der Waals surface area contributed by atoms with Crippen LogP contribution in [0, 0.1) is 5.92 Å². The molecule has 0 spiro atoms. The summed E-state index contributed by atoms with van der Waals surface area (Å²) in [4.78, 5) is 105. The number of nitrogens with two attached hydrogens (primary N) is 1. The van der Waals surface area contributed by atoms with Gasteiger partial charge in [-0.2, -0.15) is 4.98 Å². The van der Waals surface area contributed by atoms with Crippen molar-refractivity contribution in [2.75, 3.05) is 74.5 Å². The van der Waals surface area contributed by atoms with Crippen LogP contribution in [0.3, 0.4) is 0 Å². The zero-order valence-electron chi connectivity index (χ0n) is 33.9. The van der Waals surface area contributed by atoms with Gasteiger partial charge in [-0.1, -0.05) is 12.1 Å². The molecule has 3 atom stereocenters. The molecule has 2 aromatic carbocycles. The maximum absolute atomic E-state index is 13.7. The molecular weight excluding hydrogens is 785 g/mol. The van der Waals surface area contributed by atoms with Gasteiger partial charge in [0.25, 0.3) is 17.7 Å². The third kappa shape index (κ3) is 7.56. The van der Waals surface area contributed by atoms with Crippen LogP contribution < -0.4 is 26.2 Å². The first kappa shape index (κ1) is 39.8. The van der Waals surface area contributed by atoms with Gasteiger partial charge in [-0.15, -0.1) is 10.2 Å². The Morgan fingerprint density at radius 2 is 1.57 bits per heavy atom. The van der Waals surface area contributed by atoms with E-state index in [2.05, 4.69) is 30.7 Å². The molecule has 3 aromatic rings. The molecule has 7 heterocycles. The van der Waals surface area contributed by atoms with Crippen LogP contribution >= 0.6 is 0 Å². The number of likely N-dealkylation sites (tertiary alicyclic amines) is 1. The highest BCUT2D eigenvalue weighted by Crippen LogP contribution is 2.35. The molecule has 0 aliphatic carbocycles. The molecule has 8 amide bonds. The van der Waals surface area contributed by atoms with E-state index in [9.17, 15) is 33.6 Å². The number of hydrogen-bond acceptors (Lipinski definition) is 13. The number of hydrogen-bond donors (Lipinski definition) is 3. The lowest BCUT2D eigenvalue weighted by molar-refractivity contribution is -0.137. The molecule has 9 rings (SSSR count). The Balaban J connectivity index is 0.786. The van der Waals surface area contributed by atoms with Gasteiger partial charge in [-0.25, -0.2) is 4.79 Å². The van der Waals surface area contributed by atoms with E-state index in [1.54, 1.807) is 30.1 Å². The van der Waals surface area contributed by atoms with Gasteiger partial charge in [0.2, 0.25) is 23.7 Å². The van der Waals surface area contributed by atoms with Gasteiger partial charge in [-0.05, 0) is 80.3 Å². The number of amides is 8. The Bertz CT molecular complexity index is 2310. The van der Waals surface area contributed by atoms with Gasteiger partial charge in [0, 0.05) is 77.2 Å². The topological polar surface area (TPSA) is 228 Å². The number of nitrogens with zero attached hydrogens (tertiary/aromatic N) is 9. The summed E-state index contributed by atoms with van der Waals surface area (Å²) < 4.78 is 0. The molecule has 0 bridgehead atoms. The van der Waals surface area contributed by atoms with Crippen LogP contribution in [-0.4, -0.2) is 148 Å². The van der Waals surface area contributed by atoms with E-state index in [-0.39, 0.29) is 65.3 Å². The quantitative estimate of drug-likeness (QED) is 0.261. The molecule has 6 aliphatic heterocycles. The van der Waals surface area contributed by atoms with Gasteiger partial charge in [0.15, 0.2) is 11.5 Å². The van der Waals surface area contributed by atoms with Gasteiger partial charge in [0.1, 0.15) is 6.04 Å². The molecule has 1 aromatic heterocycles. The van der Waals surface area contributed by atoms with E-state index in [1.807, 2.05) is 39.0 Å². The van der Waals surface area contributed by atoms with E-state index >= 15 is 0 Å². The second-order valence-corrected chi connectivity index (χ2v) is 16.8. The van der Waals surface area contributed by atoms with Crippen molar-refractivity contribution >= 4 is 64.6 Å². The maximum atomic E-state index is 13.7. The molecule has 0 saturated carbocycles. The highest BCUT2D eigenvalue weighted by molar-refractivity contribution is 6.23. The standard InChI is InChI=1S/C42H48N12O7/c1-49-19-20-53(42(49)61)29-3-2-15-52(23-29)41-46-36(34(35(43)56)47-48-41)44-27-6-4-24(5-7-27)25-12-16-50(17-13-25)38(58)26-14-18-51(22-26)28-8-9-30-31(21-28)40(60)54(39(30)59)32-10-11-33(55)45-37(32)57/h4-9,21,25-26,29,32H,2-3,10-20,22-23H2,1H3,(H2,43,56)(H,44,46,48)(H,45,55,57)/t26?,29-,32?/m1/s1. The van der Waals surface area contributed by atoms with Crippen LogP contribution in [0.2, 0.25) is 0 Å². The van der Waals surface area contributed by atoms with Gasteiger partial charge in [0.05, 0.1) is 23.1 Å². The number of carbonyl (C=O) groups excluding carboxylic acids is 7. The fourth-order valence-electron chi connectivity index (χ4n) is 9.62. The summed E-state index contributed by atoms with van der Waals surface area (Å²) in [6.07, 6.45) is 4.17. The number of piperidine rings is 3. The molecule has 2 unspecified atom stereocenters. The van der Waals surface area contributed by atoms with E-state index in [0.29, 0.717) is 70.4 Å². The number of aromatic nitrogens is 3. The predicted octanol–water partition coefficient (Wildman–Crippen LogP) is 1.68. The number of primary amides is 1. The number of nitrogens with one attached hydrogen (secondary N) is 2. The van der Waals surface area contributed by atoms with E-state index in [4.69, 9.17) is 5.73 Å². The molecule has 5 saturated heterocycles. The first-order valence-electron chi connectivity index (χ1n) is 21.0. The zero-order valence-corrected chi connectivity index (χ0v) is 33.9. The van der Waals surface area contributed by atoms with Crippen molar-refractivity contribution in [1.29, 1.82) is 0 Å². The van der Waals surface area contributed by atoms with Crippen molar-refractivity contribution in [3.63, 3.8) is 0 Å². The first-order chi connectivity index (χ1) is 29.4. The normalized spacial score (nSPS) is 23.6. The molecule has 0 radical (unpaired) electrons. The number of anilines is 4. The Morgan fingerprint density at radius 1 is 0.803 bits per heavy atom. The van der Waals surface area contributed by atoms with E-state index in [0.717, 1.165) is 41.8 Å². The van der Waals surface area contributed by atoms with Crippen molar-refractivity contribution in [3.8, 4) is 0 Å². The van der Waals surface area contributed by atoms with Gasteiger partial charge < -0.3 is 35.6 Å². The summed E-state index contributed by atoms with van der Waals surface area (Å²) in [6.45, 7) is 5.00. The molecule has 318 valence electrons. The predicted molar refractivity (Wildman–Crippen MR) is 220 cm³/mol.